The number of methoxy groups -OCH3 is 1. The summed E-state index contributed by atoms with van der Waals surface area (Å²) in [7, 11) is 1.66. The second-order valence-corrected chi connectivity index (χ2v) is 7.77. The number of fused-ring (bicyclic) bond motifs is 2. The first kappa shape index (κ1) is 18.2. The van der Waals surface area contributed by atoms with E-state index in [2.05, 4.69) is 18.2 Å². The molecule has 0 radical (unpaired) electrons. The molecule has 0 N–H and O–H groups in total. The van der Waals surface area contributed by atoms with Gasteiger partial charge in [-0.05, 0) is 42.4 Å². The molecule has 2 aliphatic heterocycles. The van der Waals surface area contributed by atoms with Crippen LogP contribution in [0, 0.1) is 0 Å². The van der Waals surface area contributed by atoms with Gasteiger partial charge in [-0.2, -0.15) is 0 Å². The van der Waals surface area contributed by atoms with Crippen LogP contribution in [0.25, 0.3) is 0 Å². The quantitative estimate of drug-likeness (QED) is 0.803. The molecule has 1 fully saturated rings. The first-order valence-corrected chi connectivity index (χ1v) is 10.1. The Bertz CT molecular complexity index is 771. The Labute approximate surface area is 161 Å². The minimum atomic E-state index is 0.0553. The molecule has 0 bridgehead atoms. The van der Waals surface area contributed by atoms with E-state index in [4.69, 9.17) is 4.74 Å². The van der Waals surface area contributed by atoms with Crippen molar-refractivity contribution < 1.29 is 14.3 Å². The third-order valence-corrected chi connectivity index (χ3v) is 6.21. The van der Waals surface area contributed by atoms with Gasteiger partial charge in [0, 0.05) is 32.3 Å². The maximum Gasteiger partial charge on any atom is 0.250 e. The second-order valence-electron chi connectivity index (χ2n) is 7.77. The maximum absolute atomic E-state index is 13.0. The van der Waals surface area contributed by atoms with E-state index in [0.717, 1.165) is 44.2 Å². The fraction of sp³-hybridized carbons (Fsp3) is 0.545. The van der Waals surface area contributed by atoms with Crippen molar-refractivity contribution >= 4 is 11.8 Å². The Kier molecular flexibility index (Phi) is 5.30. The number of carbonyl (C=O) groups is 2. The Morgan fingerprint density at radius 1 is 1.19 bits per heavy atom. The molecular weight excluding hydrogens is 340 g/mol. The average Bonchev–Trinajstić information content (AvgIpc) is 2.97. The third-order valence-electron chi connectivity index (χ3n) is 6.21. The van der Waals surface area contributed by atoms with Gasteiger partial charge >= 0.3 is 0 Å². The smallest absolute Gasteiger partial charge is 0.250 e. The van der Waals surface area contributed by atoms with Crippen LogP contribution in [0.5, 0.6) is 0 Å². The Morgan fingerprint density at radius 2 is 2.00 bits per heavy atom. The summed E-state index contributed by atoms with van der Waals surface area (Å²) < 4.78 is 5.19. The zero-order valence-corrected chi connectivity index (χ0v) is 16.1. The highest BCUT2D eigenvalue weighted by Gasteiger charge is 2.40. The van der Waals surface area contributed by atoms with Gasteiger partial charge in [0.2, 0.25) is 5.91 Å². The highest BCUT2D eigenvalue weighted by atomic mass is 16.5. The molecule has 144 valence electrons. The number of nitrogens with zero attached hydrogens (tertiary/aromatic N) is 2. The highest BCUT2D eigenvalue weighted by molar-refractivity contribution is 6.02. The SMILES string of the molecule is COCCN1C(=O)C(CC(=O)N2CCc3ccccc3C2)=C2CCCCC21. The van der Waals surface area contributed by atoms with Gasteiger partial charge in [-0.15, -0.1) is 0 Å². The largest absolute Gasteiger partial charge is 0.383 e. The van der Waals surface area contributed by atoms with Crippen LogP contribution in [0.4, 0.5) is 0 Å². The van der Waals surface area contributed by atoms with E-state index >= 15 is 0 Å². The lowest BCUT2D eigenvalue weighted by Crippen LogP contribution is -2.39. The summed E-state index contributed by atoms with van der Waals surface area (Å²) >= 11 is 0. The van der Waals surface area contributed by atoms with Crippen LogP contribution in [0.15, 0.2) is 35.4 Å². The van der Waals surface area contributed by atoms with E-state index in [0.29, 0.717) is 19.7 Å². The molecule has 1 aliphatic carbocycles. The van der Waals surface area contributed by atoms with Crippen molar-refractivity contribution in [3.8, 4) is 0 Å². The molecule has 5 heteroatoms. The molecule has 3 aliphatic rings. The molecule has 1 unspecified atom stereocenters. The van der Waals surface area contributed by atoms with Crippen LogP contribution >= 0.6 is 0 Å². The molecule has 1 aromatic rings. The van der Waals surface area contributed by atoms with E-state index in [1.807, 2.05) is 15.9 Å². The Morgan fingerprint density at radius 3 is 2.81 bits per heavy atom. The van der Waals surface area contributed by atoms with Crippen molar-refractivity contribution in [2.45, 2.75) is 51.1 Å². The number of hydrogen-bond acceptors (Lipinski definition) is 3. The summed E-state index contributed by atoms with van der Waals surface area (Å²) in [6.07, 6.45) is 5.37. The normalized spacial score (nSPS) is 22.1. The molecular formula is C22H28N2O3. The summed E-state index contributed by atoms with van der Waals surface area (Å²) in [5.74, 6) is 0.137. The van der Waals surface area contributed by atoms with Gasteiger partial charge in [-0.1, -0.05) is 30.7 Å². The summed E-state index contributed by atoms with van der Waals surface area (Å²) in [6.45, 7) is 2.55. The van der Waals surface area contributed by atoms with Crippen LogP contribution in [-0.2, 0) is 27.3 Å². The van der Waals surface area contributed by atoms with Crippen molar-refractivity contribution in [3.05, 3.63) is 46.5 Å². The first-order chi connectivity index (χ1) is 13.2. The van der Waals surface area contributed by atoms with Crippen molar-refractivity contribution in [1.82, 2.24) is 9.80 Å². The summed E-state index contributed by atoms with van der Waals surface area (Å²) in [5.41, 5.74) is 4.54. The number of benzene rings is 1. The topological polar surface area (TPSA) is 49.9 Å². The molecule has 0 saturated heterocycles. The lowest BCUT2D eigenvalue weighted by Gasteiger charge is -2.29. The lowest BCUT2D eigenvalue weighted by molar-refractivity contribution is -0.134. The van der Waals surface area contributed by atoms with Gasteiger partial charge in [0.15, 0.2) is 0 Å². The minimum absolute atomic E-state index is 0.0553. The van der Waals surface area contributed by atoms with Crippen molar-refractivity contribution in [1.29, 1.82) is 0 Å². The van der Waals surface area contributed by atoms with Crippen LogP contribution in [0.2, 0.25) is 0 Å². The summed E-state index contributed by atoms with van der Waals surface area (Å²) in [6, 6.07) is 8.51. The van der Waals surface area contributed by atoms with E-state index < -0.39 is 0 Å². The van der Waals surface area contributed by atoms with Crippen LogP contribution in [0.3, 0.4) is 0 Å². The molecule has 0 aromatic heterocycles. The van der Waals surface area contributed by atoms with Gasteiger partial charge in [0.05, 0.1) is 19.1 Å². The van der Waals surface area contributed by atoms with Crippen molar-refractivity contribution in [2.24, 2.45) is 0 Å². The fourth-order valence-electron chi connectivity index (χ4n) is 4.75. The zero-order chi connectivity index (χ0) is 18.8. The van der Waals surface area contributed by atoms with Gasteiger partial charge in [-0.25, -0.2) is 0 Å². The second kappa shape index (κ2) is 7.85. The molecule has 4 rings (SSSR count). The van der Waals surface area contributed by atoms with E-state index in [1.54, 1.807) is 7.11 Å². The Hall–Kier alpha value is -2.14. The number of rotatable bonds is 5. The maximum atomic E-state index is 13.0. The monoisotopic (exact) mass is 368 g/mol. The van der Waals surface area contributed by atoms with Gasteiger partial charge in [-0.3, -0.25) is 9.59 Å². The van der Waals surface area contributed by atoms with E-state index in [-0.39, 0.29) is 24.3 Å². The Balaban J connectivity index is 1.49. The summed E-state index contributed by atoms with van der Waals surface area (Å²) in [4.78, 5) is 29.9. The molecule has 1 aromatic carbocycles. The number of hydrogen-bond donors (Lipinski definition) is 0. The third kappa shape index (κ3) is 3.53. The minimum Gasteiger partial charge on any atom is -0.383 e. The molecule has 0 spiro atoms. The zero-order valence-electron chi connectivity index (χ0n) is 16.1. The lowest BCUT2D eigenvalue weighted by atomic mass is 9.88. The number of ether oxygens (including phenoxy) is 1. The van der Waals surface area contributed by atoms with E-state index in [9.17, 15) is 9.59 Å². The van der Waals surface area contributed by atoms with E-state index in [1.165, 1.54) is 16.7 Å². The predicted molar refractivity (Wildman–Crippen MR) is 103 cm³/mol. The highest BCUT2D eigenvalue weighted by Crippen LogP contribution is 2.38. The predicted octanol–water partition coefficient (Wildman–Crippen LogP) is 2.69. The molecule has 1 saturated carbocycles. The fourth-order valence-corrected chi connectivity index (χ4v) is 4.75. The molecule has 27 heavy (non-hydrogen) atoms. The van der Waals surface area contributed by atoms with Crippen LogP contribution in [-0.4, -0.2) is 54.5 Å². The summed E-state index contributed by atoms with van der Waals surface area (Å²) in [5, 5.41) is 0. The molecule has 5 nitrogen and oxygen atoms in total. The average molecular weight is 368 g/mol. The van der Waals surface area contributed by atoms with Crippen molar-refractivity contribution in [2.75, 3.05) is 26.8 Å². The van der Waals surface area contributed by atoms with Gasteiger partial charge < -0.3 is 14.5 Å². The standard InChI is InChI=1S/C22H28N2O3/c1-27-13-12-24-20-9-5-4-8-18(20)19(22(24)26)14-21(25)23-11-10-16-6-2-3-7-17(16)15-23/h2-3,6-7,20H,4-5,8-15H2,1H3. The van der Waals surface area contributed by atoms with Gasteiger partial charge in [0.1, 0.15) is 0 Å². The molecule has 2 amide bonds. The van der Waals surface area contributed by atoms with Crippen LogP contribution < -0.4 is 0 Å². The molecule has 1 atom stereocenters. The van der Waals surface area contributed by atoms with Crippen LogP contribution in [0.1, 0.15) is 43.2 Å². The van der Waals surface area contributed by atoms with Crippen molar-refractivity contribution in [3.63, 3.8) is 0 Å². The van der Waals surface area contributed by atoms with Gasteiger partial charge in [0.25, 0.3) is 5.91 Å². The number of carbonyl (C=O) groups excluding carboxylic acids is 2. The number of amides is 2. The molecule has 2 heterocycles. The first-order valence-electron chi connectivity index (χ1n) is 10.1.